The Morgan fingerprint density at radius 1 is 1.18 bits per heavy atom. The first kappa shape index (κ1) is 19.1. The zero-order valence-electron chi connectivity index (χ0n) is 16.1. The molecule has 0 saturated carbocycles. The molecule has 0 bridgehead atoms. The van der Waals surface area contributed by atoms with E-state index in [1.165, 1.54) is 0 Å². The second kappa shape index (κ2) is 7.67. The molecule has 1 amide bonds. The van der Waals surface area contributed by atoms with Gasteiger partial charge in [0.15, 0.2) is 0 Å². The van der Waals surface area contributed by atoms with Crippen LogP contribution in [-0.4, -0.2) is 64.5 Å². The summed E-state index contributed by atoms with van der Waals surface area (Å²) in [6.45, 7) is 1.66. The van der Waals surface area contributed by atoms with Gasteiger partial charge in [-0.25, -0.2) is 17.7 Å². The first-order chi connectivity index (χ1) is 13.4. The Morgan fingerprint density at radius 3 is 2.61 bits per heavy atom. The molecule has 4 rings (SSSR count). The topological polar surface area (TPSA) is 75.5 Å². The van der Waals surface area contributed by atoms with Gasteiger partial charge in [-0.05, 0) is 30.9 Å². The van der Waals surface area contributed by atoms with Crippen LogP contribution in [0.2, 0.25) is 0 Å². The molecule has 0 aliphatic carbocycles. The SMILES string of the molecule is Cn1ccnc1CC1CCCN(S(=O)(=O)C2CN(C(=O)c3ccccc3)C2)C1. The summed E-state index contributed by atoms with van der Waals surface area (Å²) in [6, 6.07) is 9.01. The number of imidazole rings is 1. The molecule has 2 aliphatic rings. The van der Waals surface area contributed by atoms with E-state index in [1.54, 1.807) is 27.5 Å². The molecule has 2 aromatic rings. The molecule has 7 nitrogen and oxygen atoms in total. The van der Waals surface area contributed by atoms with E-state index >= 15 is 0 Å². The van der Waals surface area contributed by atoms with Gasteiger partial charge in [-0.3, -0.25) is 4.79 Å². The van der Waals surface area contributed by atoms with Crippen LogP contribution in [0.25, 0.3) is 0 Å². The van der Waals surface area contributed by atoms with Crippen molar-refractivity contribution in [1.29, 1.82) is 0 Å². The summed E-state index contributed by atoms with van der Waals surface area (Å²) >= 11 is 0. The Labute approximate surface area is 166 Å². The maximum atomic E-state index is 13.1. The smallest absolute Gasteiger partial charge is 0.253 e. The van der Waals surface area contributed by atoms with Crippen molar-refractivity contribution in [3.8, 4) is 0 Å². The summed E-state index contributed by atoms with van der Waals surface area (Å²) < 4.78 is 29.7. The van der Waals surface area contributed by atoms with Gasteiger partial charge in [0.2, 0.25) is 10.0 Å². The van der Waals surface area contributed by atoms with Crippen molar-refractivity contribution < 1.29 is 13.2 Å². The van der Waals surface area contributed by atoms with Gasteiger partial charge in [0.1, 0.15) is 11.1 Å². The normalized spacial score (nSPS) is 21.5. The first-order valence-corrected chi connectivity index (χ1v) is 11.2. The maximum absolute atomic E-state index is 13.1. The molecular weight excluding hydrogens is 376 g/mol. The van der Waals surface area contributed by atoms with Crippen LogP contribution in [0, 0.1) is 5.92 Å². The van der Waals surface area contributed by atoms with E-state index in [-0.39, 0.29) is 24.9 Å². The predicted octanol–water partition coefficient (Wildman–Crippen LogP) is 1.53. The number of aryl methyl sites for hydroxylation is 1. The van der Waals surface area contributed by atoms with Crippen LogP contribution in [0.1, 0.15) is 29.0 Å². The first-order valence-electron chi connectivity index (χ1n) is 9.74. The second-order valence-electron chi connectivity index (χ2n) is 7.77. The van der Waals surface area contributed by atoms with Crippen LogP contribution in [0.3, 0.4) is 0 Å². The lowest BCUT2D eigenvalue weighted by Gasteiger charge is -2.42. The molecule has 2 aliphatic heterocycles. The third kappa shape index (κ3) is 3.71. The quantitative estimate of drug-likeness (QED) is 0.760. The third-order valence-electron chi connectivity index (χ3n) is 5.81. The van der Waals surface area contributed by atoms with Crippen LogP contribution < -0.4 is 0 Å². The number of carbonyl (C=O) groups is 1. The highest BCUT2D eigenvalue weighted by molar-refractivity contribution is 7.89. The zero-order chi connectivity index (χ0) is 19.7. The van der Waals surface area contributed by atoms with Gasteiger partial charge in [-0.15, -0.1) is 0 Å². The fraction of sp³-hybridized carbons (Fsp3) is 0.500. The number of aromatic nitrogens is 2. The van der Waals surface area contributed by atoms with Gasteiger partial charge >= 0.3 is 0 Å². The van der Waals surface area contributed by atoms with Gasteiger partial charge in [0.05, 0.1) is 0 Å². The number of piperidine rings is 1. The van der Waals surface area contributed by atoms with Crippen LogP contribution >= 0.6 is 0 Å². The fourth-order valence-corrected chi connectivity index (χ4v) is 6.00. The number of likely N-dealkylation sites (tertiary alicyclic amines) is 1. The fourth-order valence-electron chi connectivity index (χ4n) is 4.04. The van der Waals surface area contributed by atoms with E-state index in [0.717, 1.165) is 25.1 Å². The van der Waals surface area contributed by atoms with Crippen molar-refractivity contribution in [3.05, 3.63) is 54.1 Å². The number of nitrogens with zero attached hydrogens (tertiary/aromatic N) is 4. The molecule has 8 heteroatoms. The molecule has 150 valence electrons. The summed E-state index contributed by atoms with van der Waals surface area (Å²) in [6.07, 6.45) is 6.37. The molecule has 1 aromatic heterocycles. The minimum atomic E-state index is -3.38. The van der Waals surface area contributed by atoms with Crippen LogP contribution in [0.4, 0.5) is 0 Å². The molecule has 28 heavy (non-hydrogen) atoms. The van der Waals surface area contributed by atoms with Crippen molar-refractivity contribution in [2.24, 2.45) is 13.0 Å². The minimum Gasteiger partial charge on any atom is -0.338 e. The van der Waals surface area contributed by atoms with Crippen molar-refractivity contribution in [3.63, 3.8) is 0 Å². The number of sulfonamides is 1. The highest BCUT2D eigenvalue weighted by Gasteiger charge is 2.44. The van der Waals surface area contributed by atoms with E-state index in [2.05, 4.69) is 4.98 Å². The molecule has 2 fully saturated rings. The van der Waals surface area contributed by atoms with Crippen LogP contribution in [0.15, 0.2) is 42.7 Å². The van der Waals surface area contributed by atoms with Gasteiger partial charge in [-0.2, -0.15) is 0 Å². The van der Waals surface area contributed by atoms with Crippen molar-refractivity contribution in [2.75, 3.05) is 26.2 Å². The minimum absolute atomic E-state index is 0.0987. The lowest BCUT2D eigenvalue weighted by atomic mass is 9.96. The zero-order valence-corrected chi connectivity index (χ0v) is 16.9. The van der Waals surface area contributed by atoms with E-state index in [0.29, 0.717) is 18.7 Å². The summed E-state index contributed by atoms with van der Waals surface area (Å²) in [4.78, 5) is 18.4. The standard InChI is InChI=1S/C20H26N4O3S/c1-22-11-9-21-19(22)12-16-6-5-10-24(13-16)28(26,27)18-14-23(15-18)20(25)17-7-3-2-4-8-17/h2-4,7-9,11,16,18H,5-6,10,12-15H2,1H3. The Bertz CT molecular complexity index is 935. The molecule has 0 spiro atoms. The Morgan fingerprint density at radius 2 is 1.93 bits per heavy atom. The van der Waals surface area contributed by atoms with Gasteiger partial charge < -0.3 is 9.47 Å². The summed E-state index contributed by atoms with van der Waals surface area (Å²) in [5, 5.41) is -0.493. The number of amides is 1. The third-order valence-corrected chi connectivity index (χ3v) is 8.00. The van der Waals surface area contributed by atoms with Crippen molar-refractivity contribution in [1.82, 2.24) is 18.8 Å². The molecular formula is C20H26N4O3S. The number of hydrogen-bond donors (Lipinski definition) is 0. The van der Waals surface area contributed by atoms with Crippen LogP contribution in [0.5, 0.6) is 0 Å². The van der Waals surface area contributed by atoms with E-state index in [9.17, 15) is 13.2 Å². The second-order valence-corrected chi connectivity index (χ2v) is 9.98. The molecule has 1 atom stereocenters. The molecule has 3 heterocycles. The highest BCUT2D eigenvalue weighted by atomic mass is 32.2. The molecule has 2 saturated heterocycles. The lowest BCUT2D eigenvalue weighted by Crippen LogP contribution is -2.60. The van der Waals surface area contributed by atoms with Gasteiger partial charge in [0.25, 0.3) is 5.91 Å². The summed E-state index contributed by atoms with van der Waals surface area (Å²) in [5.41, 5.74) is 0.603. The monoisotopic (exact) mass is 402 g/mol. The number of carbonyl (C=O) groups excluding carboxylic acids is 1. The van der Waals surface area contributed by atoms with Gasteiger partial charge in [0, 0.05) is 57.6 Å². The lowest BCUT2D eigenvalue weighted by molar-refractivity contribution is 0.0653. The molecule has 1 unspecified atom stereocenters. The average Bonchev–Trinajstić information content (AvgIpc) is 3.06. The molecule has 0 radical (unpaired) electrons. The largest absolute Gasteiger partial charge is 0.338 e. The van der Waals surface area contributed by atoms with E-state index in [4.69, 9.17) is 0 Å². The van der Waals surface area contributed by atoms with Crippen molar-refractivity contribution >= 4 is 15.9 Å². The van der Waals surface area contributed by atoms with Crippen molar-refractivity contribution in [2.45, 2.75) is 24.5 Å². The number of rotatable bonds is 5. The Balaban J connectivity index is 1.36. The number of hydrogen-bond acceptors (Lipinski definition) is 4. The van der Waals surface area contributed by atoms with Crippen LogP contribution in [-0.2, 0) is 23.5 Å². The highest BCUT2D eigenvalue weighted by Crippen LogP contribution is 2.27. The van der Waals surface area contributed by atoms with E-state index < -0.39 is 15.3 Å². The maximum Gasteiger partial charge on any atom is 0.253 e. The predicted molar refractivity (Wildman–Crippen MR) is 106 cm³/mol. The Hall–Kier alpha value is -2.19. The Kier molecular flexibility index (Phi) is 5.25. The number of benzene rings is 1. The molecule has 1 aromatic carbocycles. The van der Waals surface area contributed by atoms with E-state index in [1.807, 2.05) is 36.0 Å². The molecule has 0 N–H and O–H groups in total. The van der Waals surface area contributed by atoms with Gasteiger partial charge in [-0.1, -0.05) is 18.2 Å². The average molecular weight is 403 g/mol. The summed E-state index contributed by atoms with van der Waals surface area (Å²) in [7, 11) is -1.42. The summed E-state index contributed by atoms with van der Waals surface area (Å²) in [5.74, 6) is 1.18.